The molecule has 0 aliphatic heterocycles. The summed E-state index contributed by atoms with van der Waals surface area (Å²) in [5, 5.41) is 0. The molecule has 0 amide bonds. The average Bonchev–Trinajstić information content (AvgIpc) is 2.32. The van der Waals surface area contributed by atoms with Gasteiger partial charge in [-0.3, -0.25) is 0 Å². The lowest BCUT2D eigenvalue weighted by Crippen LogP contribution is -2.21. The lowest BCUT2D eigenvalue weighted by molar-refractivity contribution is -0.117. The van der Waals surface area contributed by atoms with Gasteiger partial charge in [-0.1, -0.05) is 6.07 Å². The number of carbonyl (C=O) groups excluding carboxylic acids is 1. The van der Waals surface area contributed by atoms with Gasteiger partial charge in [-0.05, 0) is 64.0 Å². The molecular formula is C16H25NO2. The molecule has 0 N–H and O–H groups in total. The molecule has 3 nitrogen and oxygen atoms in total. The molecule has 3 heteroatoms. The monoisotopic (exact) mass is 263 g/mol. The van der Waals surface area contributed by atoms with E-state index in [2.05, 4.69) is 45.0 Å². The van der Waals surface area contributed by atoms with Crippen molar-refractivity contribution in [2.45, 2.75) is 39.7 Å². The fourth-order valence-corrected chi connectivity index (χ4v) is 2.42. The fourth-order valence-electron chi connectivity index (χ4n) is 2.42. The second-order valence-corrected chi connectivity index (χ2v) is 5.40. The lowest BCUT2D eigenvalue weighted by atomic mass is 9.94. The van der Waals surface area contributed by atoms with Crippen LogP contribution in [-0.2, 0) is 4.79 Å². The third-order valence-corrected chi connectivity index (χ3v) is 3.54. The van der Waals surface area contributed by atoms with Gasteiger partial charge in [-0.25, -0.2) is 0 Å². The van der Waals surface area contributed by atoms with E-state index in [9.17, 15) is 4.79 Å². The van der Waals surface area contributed by atoms with Crippen LogP contribution in [0.25, 0.3) is 0 Å². The zero-order chi connectivity index (χ0) is 14.6. The summed E-state index contributed by atoms with van der Waals surface area (Å²) >= 11 is 0. The highest BCUT2D eigenvalue weighted by Crippen LogP contribution is 2.31. The van der Waals surface area contributed by atoms with Crippen LogP contribution in [0.15, 0.2) is 12.1 Å². The van der Waals surface area contributed by atoms with E-state index in [-0.39, 0.29) is 11.8 Å². The summed E-state index contributed by atoms with van der Waals surface area (Å²) in [5.41, 5.74) is 3.63. The maximum absolute atomic E-state index is 11.2. The minimum atomic E-state index is 0.245. The summed E-state index contributed by atoms with van der Waals surface area (Å²) in [5.74, 6) is 1.17. The van der Waals surface area contributed by atoms with Gasteiger partial charge < -0.3 is 14.4 Å². The Morgan fingerprint density at radius 1 is 1.26 bits per heavy atom. The van der Waals surface area contributed by atoms with Crippen molar-refractivity contribution >= 4 is 5.78 Å². The molecule has 0 aromatic heterocycles. The predicted molar refractivity (Wildman–Crippen MR) is 78.8 cm³/mol. The van der Waals surface area contributed by atoms with Crippen LogP contribution in [0.4, 0.5) is 0 Å². The first-order chi connectivity index (χ1) is 8.86. The van der Waals surface area contributed by atoms with E-state index in [1.807, 2.05) is 0 Å². The Labute approximate surface area is 116 Å². The highest BCUT2D eigenvalue weighted by molar-refractivity contribution is 5.75. The first-order valence-corrected chi connectivity index (χ1v) is 6.67. The maximum Gasteiger partial charge on any atom is 0.129 e. The Balaban J connectivity index is 3.08. The molecule has 0 radical (unpaired) electrons. The smallest absolute Gasteiger partial charge is 0.129 e. The first-order valence-electron chi connectivity index (χ1n) is 6.67. The Kier molecular flexibility index (Phi) is 5.55. The number of rotatable bonds is 6. The third-order valence-electron chi connectivity index (χ3n) is 3.54. The Bertz CT molecular complexity index is 452. The first kappa shape index (κ1) is 15.7. The quantitative estimate of drug-likeness (QED) is 0.789. The molecule has 1 aromatic rings. The van der Waals surface area contributed by atoms with Gasteiger partial charge in [-0.15, -0.1) is 0 Å². The number of hydrogen-bond donors (Lipinski definition) is 0. The highest BCUT2D eigenvalue weighted by Gasteiger charge is 2.18. The summed E-state index contributed by atoms with van der Waals surface area (Å²) in [6, 6.07) is 4.53. The number of Topliss-reactive ketones (excluding diaryl/α,β-unsaturated/α-hetero) is 1. The molecule has 1 unspecified atom stereocenters. The van der Waals surface area contributed by atoms with E-state index in [0.29, 0.717) is 6.42 Å². The minimum absolute atomic E-state index is 0.245. The zero-order valence-corrected chi connectivity index (χ0v) is 12.9. The Hall–Kier alpha value is -1.35. The molecule has 1 aromatic carbocycles. The zero-order valence-electron chi connectivity index (χ0n) is 12.9. The summed E-state index contributed by atoms with van der Waals surface area (Å²) in [7, 11) is 5.81. The number of ketones is 1. The van der Waals surface area contributed by atoms with Gasteiger partial charge in [0, 0.05) is 12.5 Å². The molecule has 1 atom stereocenters. The van der Waals surface area contributed by atoms with E-state index in [4.69, 9.17) is 4.74 Å². The molecule has 0 bridgehead atoms. The molecule has 1 rings (SSSR count). The number of benzene rings is 1. The molecule has 19 heavy (non-hydrogen) atoms. The van der Waals surface area contributed by atoms with E-state index >= 15 is 0 Å². The largest absolute Gasteiger partial charge is 0.496 e. The second-order valence-electron chi connectivity index (χ2n) is 5.40. The van der Waals surface area contributed by atoms with Crippen molar-refractivity contribution in [2.24, 2.45) is 0 Å². The van der Waals surface area contributed by atoms with Gasteiger partial charge in [-0.2, -0.15) is 0 Å². The highest BCUT2D eigenvalue weighted by atomic mass is 16.5. The van der Waals surface area contributed by atoms with Crippen LogP contribution in [-0.4, -0.2) is 31.9 Å². The molecular weight excluding hydrogens is 238 g/mol. The molecule has 0 aliphatic rings. The Morgan fingerprint density at radius 2 is 1.89 bits per heavy atom. The molecule has 0 saturated carbocycles. The standard InChI is InChI=1S/C16H25NO2/c1-11-10-16(19-6)12(2)9-14(11)15(17(4)5)8-7-13(3)18/h9-10,15H,7-8H2,1-6H3. The van der Waals surface area contributed by atoms with E-state index in [1.165, 1.54) is 11.1 Å². The number of hydrogen-bond acceptors (Lipinski definition) is 3. The molecule has 0 fully saturated rings. The van der Waals surface area contributed by atoms with Gasteiger partial charge in [0.15, 0.2) is 0 Å². The maximum atomic E-state index is 11.2. The van der Waals surface area contributed by atoms with Gasteiger partial charge in [0.1, 0.15) is 11.5 Å². The lowest BCUT2D eigenvalue weighted by Gasteiger charge is -2.27. The number of carbonyl (C=O) groups is 1. The van der Waals surface area contributed by atoms with Crippen molar-refractivity contribution in [3.8, 4) is 5.75 Å². The van der Waals surface area contributed by atoms with E-state index in [1.54, 1.807) is 14.0 Å². The van der Waals surface area contributed by atoms with E-state index in [0.717, 1.165) is 17.7 Å². The number of ether oxygens (including phenoxy) is 1. The predicted octanol–water partition coefficient (Wildman–Crippen LogP) is 3.28. The van der Waals surface area contributed by atoms with Gasteiger partial charge in [0.2, 0.25) is 0 Å². The van der Waals surface area contributed by atoms with Crippen LogP contribution < -0.4 is 4.74 Å². The van der Waals surface area contributed by atoms with Crippen molar-refractivity contribution < 1.29 is 9.53 Å². The van der Waals surface area contributed by atoms with Crippen molar-refractivity contribution in [3.05, 3.63) is 28.8 Å². The molecule has 0 spiro atoms. The summed E-state index contributed by atoms with van der Waals surface area (Å²) in [6.07, 6.45) is 1.47. The summed E-state index contributed by atoms with van der Waals surface area (Å²) < 4.78 is 5.35. The SMILES string of the molecule is COc1cc(C)c(C(CCC(C)=O)N(C)C)cc1C. The second kappa shape index (κ2) is 6.71. The Morgan fingerprint density at radius 3 is 2.37 bits per heavy atom. The van der Waals surface area contributed by atoms with Crippen LogP contribution in [0.2, 0.25) is 0 Å². The number of aryl methyl sites for hydroxylation is 2. The van der Waals surface area contributed by atoms with Crippen LogP contribution in [0.5, 0.6) is 5.75 Å². The normalized spacial score (nSPS) is 12.6. The van der Waals surface area contributed by atoms with Gasteiger partial charge in [0.05, 0.1) is 7.11 Å². The number of nitrogens with zero attached hydrogens (tertiary/aromatic N) is 1. The van der Waals surface area contributed by atoms with Gasteiger partial charge >= 0.3 is 0 Å². The minimum Gasteiger partial charge on any atom is -0.496 e. The molecule has 0 aliphatic carbocycles. The van der Waals surface area contributed by atoms with Crippen LogP contribution in [0, 0.1) is 13.8 Å². The van der Waals surface area contributed by atoms with Crippen LogP contribution >= 0.6 is 0 Å². The topological polar surface area (TPSA) is 29.5 Å². The van der Waals surface area contributed by atoms with Crippen molar-refractivity contribution in [1.29, 1.82) is 0 Å². The van der Waals surface area contributed by atoms with Gasteiger partial charge in [0.25, 0.3) is 0 Å². The van der Waals surface area contributed by atoms with Crippen molar-refractivity contribution in [1.82, 2.24) is 4.90 Å². The molecule has 106 valence electrons. The molecule has 0 heterocycles. The number of methoxy groups -OCH3 is 1. The summed E-state index contributed by atoms with van der Waals surface area (Å²) in [6.45, 7) is 5.81. The summed E-state index contributed by atoms with van der Waals surface area (Å²) in [4.78, 5) is 13.4. The van der Waals surface area contributed by atoms with Crippen LogP contribution in [0.1, 0.15) is 42.5 Å². The third kappa shape index (κ3) is 4.06. The van der Waals surface area contributed by atoms with Crippen molar-refractivity contribution in [2.75, 3.05) is 21.2 Å². The fraction of sp³-hybridized carbons (Fsp3) is 0.562. The van der Waals surface area contributed by atoms with Crippen LogP contribution in [0.3, 0.4) is 0 Å². The average molecular weight is 263 g/mol. The van der Waals surface area contributed by atoms with Crippen molar-refractivity contribution in [3.63, 3.8) is 0 Å². The molecule has 0 saturated heterocycles. The van der Waals surface area contributed by atoms with E-state index < -0.39 is 0 Å².